The Hall–Kier alpha value is -7.88. The maximum atomic E-state index is 6.91. The molecular weight excluding hydrogens is 729 g/mol. The standard InChI is InChI=1S/C57H36N2O/c1-2-19-39(20-3-1)58(40-31-33-53-46(35-40)44-23-7-10-28-52(44)59(53)51-29-14-16-37-15-4-5-21-42(37)51)41-32-34-55-50(36-41)57(48-26-9-11-30-54(48)60-55)47-25-8-6-22-43(47)45-24-12-17-38-18-13-27-49(57)56(38)45/h1-36H. The molecule has 1 aromatic heterocycles. The van der Waals surface area contributed by atoms with Crippen molar-refractivity contribution >= 4 is 60.4 Å². The van der Waals surface area contributed by atoms with Crippen LogP contribution in [-0.2, 0) is 5.41 Å². The second-order valence-corrected chi connectivity index (χ2v) is 16.0. The lowest BCUT2D eigenvalue weighted by Gasteiger charge is -2.45. The van der Waals surface area contributed by atoms with Gasteiger partial charge in [-0.3, -0.25) is 0 Å². The van der Waals surface area contributed by atoms with Crippen molar-refractivity contribution in [3.8, 4) is 28.3 Å². The number of fused-ring (bicyclic) bond motifs is 12. The summed E-state index contributed by atoms with van der Waals surface area (Å²) in [5.41, 5.74) is 13.5. The second-order valence-electron chi connectivity index (χ2n) is 16.0. The van der Waals surface area contributed by atoms with Gasteiger partial charge in [0.15, 0.2) is 0 Å². The van der Waals surface area contributed by atoms with Crippen molar-refractivity contribution in [1.82, 2.24) is 4.57 Å². The number of ether oxygens (including phenoxy) is 1. The highest BCUT2D eigenvalue weighted by atomic mass is 16.5. The molecule has 1 atom stereocenters. The summed E-state index contributed by atoms with van der Waals surface area (Å²) in [6.07, 6.45) is 0. The number of hydrogen-bond acceptors (Lipinski definition) is 2. The van der Waals surface area contributed by atoms with Gasteiger partial charge in [0.05, 0.1) is 22.1 Å². The first-order chi connectivity index (χ1) is 29.8. The zero-order valence-corrected chi connectivity index (χ0v) is 32.6. The fraction of sp³-hybridized carbons (Fsp3) is 0.0175. The van der Waals surface area contributed by atoms with Crippen LogP contribution < -0.4 is 9.64 Å². The highest BCUT2D eigenvalue weighted by molar-refractivity contribution is 6.12. The molecule has 1 spiro atoms. The van der Waals surface area contributed by atoms with Crippen LogP contribution in [0.4, 0.5) is 17.1 Å². The molecule has 0 saturated carbocycles. The summed E-state index contributed by atoms with van der Waals surface area (Å²) in [6, 6.07) is 79.7. The van der Waals surface area contributed by atoms with E-state index in [1.54, 1.807) is 0 Å². The summed E-state index contributed by atoms with van der Waals surface area (Å²) in [6.45, 7) is 0. The first kappa shape index (κ1) is 33.1. The molecule has 10 aromatic carbocycles. The van der Waals surface area contributed by atoms with Crippen molar-refractivity contribution in [2.75, 3.05) is 4.90 Å². The first-order valence-corrected chi connectivity index (χ1v) is 20.7. The minimum atomic E-state index is -0.636. The molecular formula is C57H36N2O. The molecule has 1 unspecified atom stereocenters. The molecule has 0 fully saturated rings. The first-order valence-electron chi connectivity index (χ1n) is 20.7. The maximum Gasteiger partial charge on any atom is 0.132 e. The Morgan fingerprint density at radius 2 is 0.983 bits per heavy atom. The Labute approximate surface area is 347 Å². The molecule has 13 rings (SSSR count). The van der Waals surface area contributed by atoms with Crippen LogP contribution in [0.3, 0.4) is 0 Å². The van der Waals surface area contributed by atoms with Crippen molar-refractivity contribution in [2.24, 2.45) is 0 Å². The zero-order chi connectivity index (χ0) is 39.4. The molecule has 280 valence electrons. The van der Waals surface area contributed by atoms with E-state index in [0.29, 0.717) is 0 Å². The summed E-state index contributed by atoms with van der Waals surface area (Å²) in [7, 11) is 0. The summed E-state index contributed by atoms with van der Waals surface area (Å²) in [4.78, 5) is 2.40. The number of nitrogens with zero attached hydrogens (tertiary/aromatic N) is 2. The molecule has 3 nitrogen and oxygen atoms in total. The predicted octanol–water partition coefficient (Wildman–Crippen LogP) is 15.0. The Kier molecular flexibility index (Phi) is 6.93. The van der Waals surface area contributed by atoms with E-state index in [0.717, 1.165) is 39.7 Å². The summed E-state index contributed by atoms with van der Waals surface area (Å²) in [5.74, 6) is 1.75. The van der Waals surface area contributed by atoms with Crippen LogP contribution in [0.15, 0.2) is 218 Å². The van der Waals surface area contributed by atoms with Crippen LogP contribution in [0.25, 0.3) is 60.2 Å². The number of benzene rings is 10. The number of para-hydroxylation sites is 3. The lowest BCUT2D eigenvalue weighted by atomic mass is 9.58. The summed E-state index contributed by atoms with van der Waals surface area (Å²) < 4.78 is 9.34. The van der Waals surface area contributed by atoms with Gasteiger partial charge in [0, 0.05) is 44.3 Å². The van der Waals surface area contributed by atoms with Crippen LogP contribution in [0.2, 0.25) is 0 Å². The molecule has 11 aromatic rings. The van der Waals surface area contributed by atoms with Gasteiger partial charge in [-0.1, -0.05) is 152 Å². The van der Waals surface area contributed by atoms with Crippen molar-refractivity contribution in [3.05, 3.63) is 241 Å². The average Bonchev–Trinajstić information content (AvgIpc) is 3.64. The van der Waals surface area contributed by atoms with E-state index in [2.05, 4.69) is 228 Å². The van der Waals surface area contributed by atoms with E-state index in [-0.39, 0.29) is 0 Å². The van der Waals surface area contributed by atoms with Gasteiger partial charge in [-0.2, -0.15) is 0 Å². The molecule has 1 aliphatic carbocycles. The molecule has 0 amide bonds. The van der Waals surface area contributed by atoms with Gasteiger partial charge >= 0.3 is 0 Å². The highest BCUT2D eigenvalue weighted by Gasteiger charge is 2.49. The number of anilines is 3. The van der Waals surface area contributed by atoms with Gasteiger partial charge in [0.25, 0.3) is 0 Å². The maximum absolute atomic E-state index is 6.91. The lowest BCUT2D eigenvalue weighted by Crippen LogP contribution is -2.36. The fourth-order valence-electron chi connectivity index (χ4n) is 10.6. The topological polar surface area (TPSA) is 17.4 Å². The largest absolute Gasteiger partial charge is 0.457 e. The Bertz CT molecular complexity index is 3540. The van der Waals surface area contributed by atoms with Gasteiger partial charge in [-0.25, -0.2) is 0 Å². The molecule has 3 heteroatoms. The molecule has 1 aliphatic heterocycles. The monoisotopic (exact) mass is 764 g/mol. The van der Waals surface area contributed by atoms with Gasteiger partial charge in [-0.15, -0.1) is 0 Å². The number of rotatable bonds is 4. The van der Waals surface area contributed by atoms with E-state index < -0.39 is 5.41 Å². The molecule has 2 heterocycles. The lowest BCUT2D eigenvalue weighted by molar-refractivity contribution is 0.435. The van der Waals surface area contributed by atoms with Crippen molar-refractivity contribution < 1.29 is 4.74 Å². The third kappa shape index (κ3) is 4.49. The number of aromatic nitrogens is 1. The van der Waals surface area contributed by atoms with Crippen molar-refractivity contribution in [3.63, 3.8) is 0 Å². The zero-order valence-electron chi connectivity index (χ0n) is 32.6. The van der Waals surface area contributed by atoms with E-state index in [9.17, 15) is 0 Å². The second kappa shape index (κ2) is 12.6. The molecule has 0 bridgehead atoms. The van der Waals surface area contributed by atoms with Crippen molar-refractivity contribution in [1.29, 1.82) is 0 Å². The van der Waals surface area contributed by atoms with E-state index >= 15 is 0 Å². The highest BCUT2D eigenvalue weighted by Crippen LogP contribution is 2.61. The average molecular weight is 765 g/mol. The molecule has 0 saturated heterocycles. The third-order valence-electron chi connectivity index (χ3n) is 13.0. The van der Waals surface area contributed by atoms with Crippen LogP contribution in [0.1, 0.15) is 22.3 Å². The third-order valence-corrected chi connectivity index (χ3v) is 13.0. The van der Waals surface area contributed by atoms with Crippen LogP contribution >= 0.6 is 0 Å². The molecule has 60 heavy (non-hydrogen) atoms. The minimum Gasteiger partial charge on any atom is -0.457 e. The molecule has 2 aliphatic rings. The van der Waals surface area contributed by atoms with Crippen LogP contribution in [-0.4, -0.2) is 4.57 Å². The Morgan fingerprint density at radius 3 is 1.90 bits per heavy atom. The quantitative estimate of drug-likeness (QED) is 0.178. The molecule has 0 N–H and O–H groups in total. The minimum absolute atomic E-state index is 0.636. The van der Waals surface area contributed by atoms with Gasteiger partial charge < -0.3 is 14.2 Å². The Balaban J connectivity index is 1.08. The van der Waals surface area contributed by atoms with E-state index in [4.69, 9.17) is 4.74 Å². The van der Waals surface area contributed by atoms with Gasteiger partial charge in [0.2, 0.25) is 0 Å². The van der Waals surface area contributed by atoms with E-state index in [1.807, 2.05) is 0 Å². The van der Waals surface area contributed by atoms with Gasteiger partial charge in [-0.05, 0) is 105 Å². The number of hydrogen-bond donors (Lipinski definition) is 0. The Morgan fingerprint density at radius 1 is 0.367 bits per heavy atom. The predicted molar refractivity (Wildman–Crippen MR) is 248 cm³/mol. The SMILES string of the molecule is c1ccc(N(c2ccc3c(c2)C2(c4ccccc4O3)c3ccccc3-c3cccc4cccc2c34)c2ccc3c(c2)c2ccccc2n3-c2cccc3ccccc23)cc1. The van der Waals surface area contributed by atoms with Crippen LogP contribution in [0, 0.1) is 0 Å². The summed E-state index contributed by atoms with van der Waals surface area (Å²) >= 11 is 0. The smallest absolute Gasteiger partial charge is 0.132 e. The van der Waals surface area contributed by atoms with Gasteiger partial charge in [0.1, 0.15) is 11.5 Å². The van der Waals surface area contributed by atoms with Crippen molar-refractivity contribution in [2.45, 2.75) is 5.41 Å². The molecule has 0 radical (unpaired) electrons. The normalized spacial score (nSPS) is 14.9. The fourth-order valence-corrected chi connectivity index (χ4v) is 10.6. The van der Waals surface area contributed by atoms with E-state index in [1.165, 1.54) is 71.3 Å². The van der Waals surface area contributed by atoms with Crippen LogP contribution in [0.5, 0.6) is 11.5 Å². The summed E-state index contributed by atoms with van der Waals surface area (Å²) in [5, 5.41) is 7.41.